The fourth-order valence-corrected chi connectivity index (χ4v) is 6.45. The number of halogens is 3. The standard InChI is InChI=1S/C25H29ClN4O6S2.C3H6I2/c26-16-5-3-4-15(10-16)11-18-22(33)29-19-14-38-37-9-2-1-6-17(12-20(31)28-18)36-21(32)13-27-24(35)25(7-8-25)30-23(19)34;1-2-3(4)5/h1,3-6,10,17-19H,2,7-9,11-14H2,(H,27,35)(H,28,31)(H,29,33)(H,30,34);3H,2H2,1H3/t17-,18-,19-;/m1./s1. The fourth-order valence-electron chi connectivity index (χ4n) is 4.08. The van der Waals surface area contributed by atoms with E-state index in [1.165, 1.54) is 28.0 Å². The number of alkyl halides is 2. The number of ether oxygens (including phenoxy) is 1. The number of hydrogen-bond donors (Lipinski definition) is 4. The maximum absolute atomic E-state index is 13.5. The van der Waals surface area contributed by atoms with Gasteiger partial charge in [0.25, 0.3) is 0 Å². The van der Waals surface area contributed by atoms with E-state index < -0.39 is 59.9 Å². The lowest BCUT2D eigenvalue weighted by atomic mass is 10.0. The highest BCUT2D eigenvalue weighted by Gasteiger charge is 2.52. The molecule has 1 aromatic carbocycles. The van der Waals surface area contributed by atoms with E-state index in [4.69, 9.17) is 16.3 Å². The molecular formula is C28H35ClI2N4O6S2. The molecule has 1 saturated carbocycles. The van der Waals surface area contributed by atoms with Gasteiger partial charge in [-0.05, 0) is 49.5 Å². The molecule has 0 radical (unpaired) electrons. The Kier molecular flexibility index (Phi) is 15.2. The molecule has 2 heterocycles. The summed E-state index contributed by atoms with van der Waals surface area (Å²) in [5, 5.41) is 11.3. The monoisotopic (exact) mass is 876 g/mol. The summed E-state index contributed by atoms with van der Waals surface area (Å²) >= 11 is 10.9. The van der Waals surface area contributed by atoms with Gasteiger partial charge in [-0.3, -0.25) is 24.0 Å². The van der Waals surface area contributed by atoms with Crippen molar-refractivity contribution >= 4 is 108 Å². The van der Waals surface area contributed by atoms with Crippen LogP contribution in [0.2, 0.25) is 5.02 Å². The first kappa shape index (κ1) is 36.2. The van der Waals surface area contributed by atoms with E-state index in [1.807, 2.05) is 6.08 Å². The zero-order valence-corrected chi connectivity index (χ0v) is 30.2. The smallest absolute Gasteiger partial charge is 0.326 e. The van der Waals surface area contributed by atoms with E-state index in [-0.39, 0.29) is 18.6 Å². The number of rotatable bonds is 3. The van der Waals surface area contributed by atoms with Gasteiger partial charge in [-0.2, -0.15) is 0 Å². The van der Waals surface area contributed by atoms with Gasteiger partial charge in [0, 0.05) is 22.9 Å². The Bertz CT molecular complexity index is 1200. The summed E-state index contributed by atoms with van der Waals surface area (Å²) in [6, 6.07) is 4.95. The van der Waals surface area contributed by atoms with Gasteiger partial charge in [0.15, 0.2) is 0 Å². The van der Waals surface area contributed by atoms with Crippen LogP contribution in [-0.4, -0.2) is 73.3 Å². The third-order valence-electron chi connectivity index (χ3n) is 6.57. The lowest BCUT2D eigenvalue weighted by Crippen LogP contribution is -2.59. The van der Waals surface area contributed by atoms with E-state index in [0.717, 1.165) is 1.93 Å². The molecule has 3 aliphatic rings. The molecule has 1 saturated heterocycles. The Morgan fingerprint density at radius 1 is 1.09 bits per heavy atom. The first-order valence-electron chi connectivity index (χ1n) is 13.8. The second kappa shape index (κ2) is 18.0. The molecule has 1 aliphatic carbocycles. The SMILES string of the molecule is CCC(I)I.O=C1C[C@H]2C=CCCSSC[C@@H](NC(=O)[C@@H](Cc3cccc(Cl)c3)N1)C(=O)NC1(CC1)C(=O)NCC(=O)O2. The summed E-state index contributed by atoms with van der Waals surface area (Å²) in [4.78, 5) is 65.0. The Hall–Kier alpha value is -1.24. The van der Waals surface area contributed by atoms with Crippen molar-refractivity contribution in [3.63, 3.8) is 0 Å². The number of nitrogens with one attached hydrogen (secondary N) is 4. The Morgan fingerprint density at radius 3 is 2.51 bits per heavy atom. The highest BCUT2D eigenvalue weighted by Crippen LogP contribution is 2.36. The topological polar surface area (TPSA) is 143 Å². The van der Waals surface area contributed by atoms with Crippen LogP contribution < -0.4 is 21.3 Å². The summed E-state index contributed by atoms with van der Waals surface area (Å²) in [6.07, 6.45) is 5.26. The number of carbonyl (C=O) groups is 5. The molecule has 0 aromatic heterocycles. The Balaban J connectivity index is 0.000000934. The molecule has 43 heavy (non-hydrogen) atoms. The number of benzene rings is 1. The lowest BCUT2D eigenvalue weighted by molar-refractivity contribution is -0.148. The second-order valence-corrected chi connectivity index (χ2v) is 18.6. The van der Waals surface area contributed by atoms with Crippen molar-refractivity contribution in [2.75, 3.05) is 18.1 Å². The van der Waals surface area contributed by atoms with Crippen molar-refractivity contribution in [3.05, 3.63) is 47.0 Å². The van der Waals surface area contributed by atoms with Crippen molar-refractivity contribution in [1.29, 1.82) is 0 Å². The van der Waals surface area contributed by atoms with Gasteiger partial charge in [0.05, 0.1) is 8.35 Å². The molecule has 2 bridgehead atoms. The van der Waals surface area contributed by atoms with Crippen molar-refractivity contribution in [2.24, 2.45) is 0 Å². The molecular weight excluding hydrogens is 842 g/mol. The van der Waals surface area contributed by atoms with Gasteiger partial charge in [0.1, 0.15) is 30.3 Å². The van der Waals surface area contributed by atoms with E-state index in [1.54, 1.807) is 30.3 Å². The van der Waals surface area contributed by atoms with Crippen LogP contribution >= 0.6 is 78.4 Å². The predicted molar refractivity (Wildman–Crippen MR) is 187 cm³/mol. The Morgan fingerprint density at radius 2 is 1.84 bits per heavy atom. The number of fused-ring (bicyclic) bond motifs is 7. The summed E-state index contributed by atoms with van der Waals surface area (Å²) in [5.41, 5.74) is -0.413. The van der Waals surface area contributed by atoms with Crippen molar-refractivity contribution in [2.45, 2.75) is 71.1 Å². The van der Waals surface area contributed by atoms with E-state index in [9.17, 15) is 24.0 Å². The molecule has 236 valence electrons. The first-order valence-corrected chi connectivity index (χ1v) is 19.2. The largest absolute Gasteiger partial charge is 0.456 e. The molecule has 2 aliphatic heterocycles. The van der Waals surface area contributed by atoms with Gasteiger partial charge < -0.3 is 26.0 Å². The molecule has 0 unspecified atom stereocenters. The number of amides is 4. The average Bonchev–Trinajstić information content (AvgIpc) is 3.74. The van der Waals surface area contributed by atoms with Crippen LogP contribution in [0, 0.1) is 0 Å². The minimum atomic E-state index is -1.13. The number of allylic oxidation sites excluding steroid dienone is 1. The maximum Gasteiger partial charge on any atom is 0.326 e. The Labute approximate surface area is 291 Å². The molecule has 4 rings (SSSR count). The molecule has 15 heteroatoms. The minimum absolute atomic E-state index is 0.126. The lowest BCUT2D eigenvalue weighted by Gasteiger charge is -2.26. The van der Waals surface area contributed by atoms with Gasteiger partial charge in [0.2, 0.25) is 23.6 Å². The highest BCUT2D eigenvalue weighted by atomic mass is 127. The van der Waals surface area contributed by atoms with Crippen LogP contribution in [-0.2, 0) is 35.1 Å². The van der Waals surface area contributed by atoms with Crippen LogP contribution in [0.25, 0.3) is 0 Å². The van der Waals surface area contributed by atoms with E-state index in [2.05, 4.69) is 73.4 Å². The van der Waals surface area contributed by atoms with Crippen LogP contribution in [0.3, 0.4) is 0 Å². The zero-order chi connectivity index (χ0) is 31.4. The van der Waals surface area contributed by atoms with Crippen molar-refractivity contribution < 1.29 is 28.7 Å². The molecule has 1 aromatic rings. The van der Waals surface area contributed by atoms with Crippen LogP contribution in [0.15, 0.2) is 36.4 Å². The number of carbonyl (C=O) groups excluding carboxylic acids is 5. The third-order valence-corrected chi connectivity index (χ3v) is 11.0. The zero-order valence-electron chi connectivity index (χ0n) is 23.5. The van der Waals surface area contributed by atoms with E-state index in [0.29, 0.717) is 35.6 Å². The van der Waals surface area contributed by atoms with Gasteiger partial charge in [-0.15, -0.1) is 0 Å². The summed E-state index contributed by atoms with van der Waals surface area (Å²) in [6.45, 7) is 1.79. The van der Waals surface area contributed by atoms with E-state index >= 15 is 0 Å². The molecule has 1 spiro atoms. The van der Waals surface area contributed by atoms with Crippen molar-refractivity contribution in [3.8, 4) is 0 Å². The quantitative estimate of drug-likeness (QED) is 0.118. The average molecular weight is 877 g/mol. The first-order chi connectivity index (χ1) is 20.5. The van der Waals surface area contributed by atoms with Gasteiger partial charge in [-0.1, -0.05) is 104 Å². The van der Waals surface area contributed by atoms with Crippen LogP contribution in [0.5, 0.6) is 0 Å². The summed E-state index contributed by atoms with van der Waals surface area (Å²) in [5.74, 6) is -1.81. The molecule has 10 nitrogen and oxygen atoms in total. The van der Waals surface area contributed by atoms with Crippen LogP contribution in [0.4, 0.5) is 0 Å². The summed E-state index contributed by atoms with van der Waals surface area (Å²) < 4.78 is 6.30. The minimum Gasteiger partial charge on any atom is -0.456 e. The molecule has 4 amide bonds. The normalized spacial score (nSPS) is 24.9. The fraction of sp³-hybridized carbons (Fsp3) is 0.536. The summed E-state index contributed by atoms with van der Waals surface area (Å²) in [7, 11) is 2.96. The molecule has 2 fully saturated rings. The van der Waals surface area contributed by atoms with Gasteiger partial charge in [-0.25, -0.2) is 0 Å². The molecule has 3 atom stereocenters. The predicted octanol–water partition coefficient (Wildman–Crippen LogP) is 3.87. The number of esters is 1. The van der Waals surface area contributed by atoms with Gasteiger partial charge >= 0.3 is 5.97 Å². The van der Waals surface area contributed by atoms with Crippen molar-refractivity contribution in [1.82, 2.24) is 21.3 Å². The van der Waals surface area contributed by atoms with Crippen LogP contribution in [0.1, 0.15) is 44.6 Å². The molecule has 4 N–H and O–H groups in total. The maximum atomic E-state index is 13.5. The number of hydrogen-bond acceptors (Lipinski definition) is 8. The third kappa shape index (κ3) is 12.6. The highest BCUT2D eigenvalue weighted by molar-refractivity contribution is 14.2. The second-order valence-electron chi connectivity index (χ2n) is 10.1.